The van der Waals surface area contributed by atoms with Gasteiger partial charge < -0.3 is 19.7 Å². The van der Waals surface area contributed by atoms with Crippen molar-refractivity contribution in [1.82, 2.24) is 20.1 Å². The average Bonchev–Trinajstić information content (AvgIpc) is 3.20. The highest BCUT2D eigenvalue weighted by molar-refractivity contribution is 9.11. The van der Waals surface area contributed by atoms with Gasteiger partial charge in [-0.3, -0.25) is 9.69 Å². The molecule has 1 fully saturated rings. The first-order chi connectivity index (χ1) is 15.5. The number of rotatable bonds is 6. The third kappa shape index (κ3) is 7.16. The maximum absolute atomic E-state index is 12.7. The minimum Gasteiger partial charge on any atom is -0.467 e. The zero-order chi connectivity index (χ0) is 24.8. The van der Waals surface area contributed by atoms with Crippen LogP contribution in [-0.2, 0) is 14.3 Å². The SMILES string of the molecule is C=C/C=C(\C(=C/C)NC(=O)c1csc(Br)n1)N1CCN(C(=O)OC(C)(C)C)[C@H](C(=O)OC)C1. The van der Waals surface area contributed by atoms with Crippen molar-refractivity contribution in [3.8, 4) is 0 Å². The fourth-order valence-electron chi connectivity index (χ4n) is 3.18. The highest BCUT2D eigenvalue weighted by Crippen LogP contribution is 2.23. The van der Waals surface area contributed by atoms with Gasteiger partial charge in [0.05, 0.1) is 18.5 Å². The van der Waals surface area contributed by atoms with E-state index in [0.717, 1.165) is 0 Å². The third-order valence-electron chi connectivity index (χ3n) is 4.62. The van der Waals surface area contributed by atoms with E-state index in [0.29, 0.717) is 21.9 Å². The van der Waals surface area contributed by atoms with Gasteiger partial charge >= 0.3 is 12.1 Å². The molecule has 0 aliphatic carbocycles. The van der Waals surface area contributed by atoms with Gasteiger partial charge in [0.1, 0.15) is 11.3 Å². The van der Waals surface area contributed by atoms with Crippen molar-refractivity contribution < 1.29 is 23.9 Å². The van der Waals surface area contributed by atoms with E-state index in [1.54, 1.807) is 51.3 Å². The zero-order valence-electron chi connectivity index (χ0n) is 19.4. The van der Waals surface area contributed by atoms with Crippen LogP contribution in [0.1, 0.15) is 38.2 Å². The van der Waals surface area contributed by atoms with E-state index in [4.69, 9.17) is 9.47 Å². The summed E-state index contributed by atoms with van der Waals surface area (Å²) in [6.07, 6.45) is 4.50. The largest absolute Gasteiger partial charge is 0.467 e. The van der Waals surface area contributed by atoms with Crippen LogP contribution in [0.3, 0.4) is 0 Å². The molecule has 1 atom stereocenters. The number of hydrogen-bond acceptors (Lipinski definition) is 8. The van der Waals surface area contributed by atoms with E-state index in [1.807, 2.05) is 4.90 Å². The van der Waals surface area contributed by atoms with Crippen LogP contribution in [-0.4, -0.2) is 71.1 Å². The summed E-state index contributed by atoms with van der Waals surface area (Å²) in [6, 6.07) is -0.880. The molecule has 1 aromatic heterocycles. The molecule has 2 heterocycles. The first-order valence-electron chi connectivity index (χ1n) is 10.2. The summed E-state index contributed by atoms with van der Waals surface area (Å²) in [5, 5.41) is 4.52. The standard InChI is InChI=1S/C22H29BrN4O5S/c1-7-9-16(14(8-2)24-18(28)15-13-33-20(23)25-15)26-10-11-27(17(12-26)19(29)31-6)21(30)32-22(3,4)5/h7-9,13,17H,1,10-12H2,2-6H3,(H,24,28)/b14-8+,16-9+/t17-/m0/s1. The Hall–Kier alpha value is -2.66. The van der Waals surface area contributed by atoms with Gasteiger partial charge in [-0.15, -0.1) is 11.3 Å². The average molecular weight is 541 g/mol. The summed E-state index contributed by atoms with van der Waals surface area (Å²) in [5.41, 5.74) is 0.758. The van der Waals surface area contributed by atoms with Gasteiger partial charge in [0.15, 0.2) is 9.96 Å². The smallest absolute Gasteiger partial charge is 0.411 e. The van der Waals surface area contributed by atoms with Crippen molar-refractivity contribution in [3.05, 3.63) is 51.2 Å². The molecule has 0 radical (unpaired) electrons. The summed E-state index contributed by atoms with van der Waals surface area (Å²) in [4.78, 5) is 45.3. The predicted molar refractivity (Wildman–Crippen MR) is 130 cm³/mol. The molecule has 0 spiro atoms. The molecular formula is C22H29BrN4O5S. The predicted octanol–water partition coefficient (Wildman–Crippen LogP) is 3.70. The Balaban J connectivity index is 2.26. The Morgan fingerprint density at radius 2 is 2.03 bits per heavy atom. The number of allylic oxidation sites excluding steroid dienone is 3. The van der Waals surface area contributed by atoms with E-state index in [2.05, 4.69) is 32.8 Å². The van der Waals surface area contributed by atoms with E-state index in [9.17, 15) is 14.4 Å². The molecule has 2 amide bonds. The van der Waals surface area contributed by atoms with Crippen molar-refractivity contribution >= 4 is 45.2 Å². The fourth-order valence-corrected chi connectivity index (χ4v) is 4.17. The minimum atomic E-state index is -0.880. The second-order valence-corrected chi connectivity index (χ2v) is 10.2. The molecule has 2 rings (SSSR count). The van der Waals surface area contributed by atoms with Crippen LogP contribution in [0.4, 0.5) is 4.79 Å². The van der Waals surface area contributed by atoms with Gasteiger partial charge in [-0.25, -0.2) is 14.6 Å². The van der Waals surface area contributed by atoms with Gasteiger partial charge in [0.25, 0.3) is 5.91 Å². The zero-order valence-corrected chi connectivity index (χ0v) is 21.8. The number of methoxy groups -OCH3 is 1. The number of thiazole rings is 1. The lowest BCUT2D eigenvalue weighted by Gasteiger charge is -2.42. The summed E-state index contributed by atoms with van der Waals surface area (Å²) in [6.45, 7) is 11.6. The molecule has 180 valence electrons. The Morgan fingerprint density at radius 1 is 1.33 bits per heavy atom. The molecule has 0 bridgehead atoms. The first kappa shape index (κ1) is 26.6. The van der Waals surface area contributed by atoms with Crippen LogP contribution in [0.2, 0.25) is 0 Å². The molecule has 0 aromatic carbocycles. The number of carbonyl (C=O) groups excluding carboxylic acids is 3. The highest BCUT2D eigenvalue weighted by Gasteiger charge is 2.39. The molecule has 1 N–H and O–H groups in total. The van der Waals surface area contributed by atoms with Crippen molar-refractivity contribution in [2.45, 2.75) is 39.3 Å². The first-order valence-corrected chi connectivity index (χ1v) is 11.9. The van der Waals surface area contributed by atoms with Crippen LogP contribution in [0.25, 0.3) is 0 Å². The van der Waals surface area contributed by atoms with Crippen molar-refractivity contribution in [1.29, 1.82) is 0 Å². The fraction of sp³-hybridized carbons (Fsp3) is 0.455. The number of halogens is 1. The monoisotopic (exact) mass is 540 g/mol. The Morgan fingerprint density at radius 3 is 2.55 bits per heavy atom. The Bertz CT molecular complexity index is 966. The van der Waals surface area contributed by atoms with Crippen LogP contribution in [0.5, 0.6) is 0 Å². The molecule has 1 saturated heterocycles. The lowest BCUT2D eigenvalue weighted by Crippen LogP contribution is -2.59. The van der Waals surface area contributed by atoms with Crippen molar-refractivity contribution in [2.75, 3.05) is 26.7 Å². The minimum absolute atomic E-state index is 0.154. The highest BCUT2D eigenvalue weighted by atomic mass is 79.9. The van der Waals surface area contributed by atoms with Crippen LogP contribution in [0.15, 0.2) is 45.5 Å². The molecule has 0 unspecified atom stereocenters. The van der Waals surface area contributed by atoms with Gasteiger partial charge in [0, 0.05) is 25.0 Å². The number of piperazine rings is 1. The molecular weight excluding hydrogens is 512 g/mol. The van der Waals surface area contributed by atoms with E-state index >= 15 is 0 Å². The van der Waals surface area contributed by atoms with Gasteiger partial charge in [-0.05, 0) is 49.7 Å². The number of esters is 1. The number of nitrogens with zero attached hydrogens (tertiary/aromatic N) is 3. The van der Waals surface area contributed by atoms with Crippen LogP contribution in [0, 0.1) is 0 Å². The maximum atomic E-state index is 12.7. The van der Waals surface area contributed by atoms with Crippen molar-refractivity contribution in [3.63, 3.8) is 0 Å². The maximum Gasteiger partial charge on any atom is 0.411 e. The second-order valence-electron chi connectivity index (χ2n) is 8.09. The quantitative estimate of drug-likeness (QED) is 0.433. The van der Waals surface area contributed by atoms with Crippen molar-refractivity contribution in [2.24, 2.45) is 0 Å². The molecule has 0 saturated carbocycles. The third-order valence-corrected chi connectivity index (χ3v) is 5.98. The lowest BCUT2D eigenvalue weighted by atomic mass is 10.1. The molecule has 11 heteroatoms. The van der Waals surface area contributed by atoms with E-state index in [1.165, 1.54) is 23.3 Å². The Kier molecular flexibility index (Phi) is 9.24. The summed E-state index contributed by atoms with van der Waals surface area (Å²) in [5.74, 6) is -0.918. The second kappa shape index (κ2) is 11.5. The number of nitrogens with one attached hydrogen (secondary N) is 1. The molecule has 33 heavy (non-hydrogen) atoms. The van der Waals surface area contributed by atoms with Gasteiger partial charge in [0.2, 0.25) is 0 Å². The lowest BCUT2D eigenvalue weighted by molar-refractivity contribution is -0.148. The van der Waals surface area contributed by atoms with Gasteiger partial charge in [-0.1, -0.05) is 18.7 Å². The topological polar surface area (TPSA) is 101 Å². The molecule has 1 aliphatic heterocycles. The van der Waals surface area contributed by atoms with E-state index < -0.39 is 23.7 Å². The number of ether oxygens (including phenoxy) is 2. The summed E-state index contributed by atoms with van der Waals surface area (Å²) >= 11 is 4.57. The van der Waals surface area contributed by atoms with Crippen LogP contribution >= 0.6 is 27.3 Å². The number of amides is 2. The van der Waals surface area contributed by atoms with Gasteiger partial charge in [-0.2, -0.15) is 0 Å². The number of carbonyl (C=O) groups is 3. The van der Waals surface area contributed by atoms with E-state index in [-0.39, 0.29) is 24.7 Å². The number of hydrogen-bond donors (Lipinski definition) is 1. The molecule has 9 nitrogen and oxygen atoms in total. The summed E-state index contributed by atoms with van der Waals surface area (Å²) < 4.78 is 11.0. The molecule has 1 aromatic rings. The normalized spacial score (nSPS) is 17.5. The Labute approximate surface area is 206 Å². The number of aromatic nitrogens is 1. The summed E-state index contributed by atoms with van der Waals surface area (Å²) in [7, 11) is 1.28. The molecule has 1 aliphatic rings. The van der Waals surface area contributed by atoms with Crippen LogP contribution < -0.4 is 5.32 Å².